The van der Waals surface area contributed by atoms with Crippen molar-refractivity contribution in [3.8, 4) is 11.5 Å². The first-order valence-corrected chi connectivity index (χ1v) is 12.3. The van der Waals surface area contributed by atoms with Gasteiger partial charge in [0, 0.05) is 56.2 Å². The third-order valence-corrected chi connectivity index (χ3v) is 6.89. The lowest BCUT2D eigenvalue weighted by Crippen LogP contribution is -2.56. The van der Waals surface area contributed by atoms with E-state index in [9.17, 15) is 27.2 Å². The zero-order valence-corrected chi connectivity index (χ0v) is 20.6. The Kier molecular flexibility index (Phi) is 6.84. The zero-order chi connectivity index (χ0) is 27.1. The molecule has 5 rings (SSSR count). The molecule has 0 aromatic heterocycles. The molecule has 2 unspecified atom stereocenters. The zero-order valence-electron chi connectivity index (χ0n) is 20.6. The number of piperidine rings is 1. The molecule has 2 fully saturated rings. The van der Waals surface area contributed by atoms with E-state index in [1.807, 2.05) is 0 Å². The average Bonchev–Trinajstić information content (AvgIpc) is 3.21. The Bertz CT molecular complexity index is 1200. The molecule has 38 heavy (non-hydrogen) atoms. The van der Waals surface area contributed by atoms with Crippen LogP contribution in [0.1, 0.15) is 40.7 Å². The summed E-state index contributed by atoms with van der Waals surface area (Å²) in [6, 6.07) is 9.06. The summed E-state index contributed by atoms with van der Waals surface area (Å²) in [7, 11) is 0. The molecule has 8 nitrogen and oxygen atoms in total. The first-order chi connectivity index (χ1) is 18.0. The van der Waals surface area contributed by atoms with E-state index in [-0.39, 0.29) is 41.1 Å². The number of carbonyl (C=O) groups excluding carboxylic acids is 2. The van der Waals surface area contributed by atoms with Crippen molar-refractivity contribution in [2.75, 3.05) is 39.4 Å². The molecule has 3 heterocycles. The standard InChI is InChI=1S/C26H27F4N3O5/c1-25(27,28)19-5-2-16(3-6-19)18-12-20(15-33(14-18)24(35)32-8-10-36-11-9-32)31-23(34)17-4-7-21-22(13-17)38-26(29,30)37-21/h2-7,13,18,20H,8-12,14-15H2,1H3,(H,31,34). The van der Waals surface area contributed by atoms with Crippen molar-refractivity contribution in [2.24, 2.45) is 0 Å². The number of halogens is 4. The normalized spacial score (nSPS) is 22.8. The second-order valence-electron chi connectivity index (χ2n) is 9.73. The van der Waals surface area contributed by atoms with Crippen LogP contribution < -0.4 is 14.8 Å². The van der Waals surface area contributed by atoms with E-state index in [0.717, 1.165) is 12.5 Å². The highest BCUT2D eigenvalue weighted by Crippen LogP contribution is 2.41. The molecule has 0 radical (unpaired) electrons. The molecule has 2 atom stereocenters. The Morgan fingerprint density at radius 1 is 0.974 bits per heavy atom. The SMILES string of the molecule is CC(F)(F)c1ccc(C2CC(NC(=O)c3ccc4c(c3)OC(F)(F)O4)CN(C(=O)N3CCOCC3)C2)cc1. The van der Waals surface area contributed by atoms with Crippen molar-refractivity contribution >= 4 is 11.9 Å². The molecule has 12 heteroatoms. The molecule has 0 spiro atoms. The van der Waals surface area contributed by atoms with Gasteiger partial charge >= 0.3 is 12.3 Å². The fourth-order valence-corrected chi connectivity index (χ4v) is 4.96. The van der Waals surface area contributed by atoms with Gasteiger partial charge in [-0.05, 0) is 30.2 Å². The fourth-order valence-electron chi connectivity index (χ4n) is 4.96. The van der Waals surface area contributed by atoms with Crippen LogP contribution in [0.25, 0.3) is 0 Å². The number of alkyl halides is 4. The van der Waals surface area contributed by atoms with Gasteiger partial charge in [0.15, 0.2) is 11.5 Å². The van der Waals surface area contributed by atoms with Crippen molar-refractivity contribution in [3.05, 3.63) is 59.2 Å². The quantitative estimate of drug-likeness (QED) is 0.593. The highest BCUT2D eigenvalue weighted by Gasteiger charge is 2.43. The van der Waals surface area contributed by atoms with Gasteiger partial charge in [-0.15, -0.1) is 8.78 Å². The van der Waals surface area contributed by atoms with Crippen LogP contribution >= 0.6 is 0 Å². The minimum atomic E-state index is -3.80. The summed E-state index contributed by atoms with van der Waals surface area (Å²) < 4.78 is 68.3. The molecule has 3 amide bonds. The Hall–Kier alpha value is -3.54. The van der Waals surface area contributed by atoms with E-state index in [2.05, 4.69) is 14.8 Å². The molecule has 204 valence electrons. The number of nitrogens with one attached hydrogen (secondary N) is 1. The number of hydrogen-bond acceptors (Lipinski definition) is 5. The first kappa shape index (κ1) is 26.1. The van der Waals surface area contributed by atoms with Gasteiger partial charge in [0.2, 0.25) is 0 Å². The van der Waals surface area contributed by atoms with E-state index in [0.29, 0.717) is 39.3 Å². The first-order valence-electron chi connectivity index (χ1n) is 12.3. The van der Waals surface area contributed by atoms with Gasteiger partial charge < -0.3 is 29.3 Å². The van der Waals surface area contributed by atoms with E-state index in [1.165, 1.54) is 30.3 Å². The molecule has 0 aliphatic carbocycles. The smallest absolute Gasteiger partial charge is 0.395 e. The minimum Gasteiger partial charge on any atom is -0.395 e. The molecule has 2 aromatic carbocycles. The van der Waals surface area contributed by atoms with Gasteiger partial charge in [-0.3, -0.25) is 4.79 Å². The molecular weight excluding hydrogens is 510 g/mol. The van der Waals surface area contributed by atoms with Crippen LogP contribution in [-0.2, 0) is 10.7 Å². The maximum absolute atomic E-state index is 13.7. The maximum Gasteiger partial charge on any atom is 0.586 e. The number of rotatable bonds is 4. The third kappa shape index (κ3) is 5.64. The predicted molar refractivity (Wildman–Crippen MR) is 127 cm³/mol. The van der Waals surface area contributed by atoms with Crippen LogP contribution in [0.4, 0.5) is 22.4 Å². The van der Waals surface area contributed by atoms with Gasteiger partial charge in [-0.1, -0.05) is 24.3 Å². The van der Waals surface area contributed by atoms with E-state index in [1.54, 1.807) is 21.9 Å². The van der Waals surface area contributed by atoms with Crippen molar-refractivity contribution in [1.82, 2.24) is 15.1 Å². The van der Waals surface area contributed by atoms with Crippen LogP contribution in [-0.4, -0.2) is 73.5 Å². The minimum absolute atomic E-state index is 0.0905. The fraction of sp³-hybridized carbons (Fsp3) is 0.462. The maximum atomic E-state index is 13.7. The lowest BCUT2D eigenvalue weighted by molar-refractivity contribution is -0.286. The van der Waals surface area contributed by atoms with Crippen LogP contribution in [0.3, 0.4) is 0 Å². The lowest BCUT2D eigenvalue weighted by Gasteiger charge is -2.41. The molecule has 1 N–H and O–H groups in total. The summed E-state index contributed by atoms with van der Waals surface area (Å²) in [6.07, 6.45) is -3.35. The Morgan fingerprint density at radius 2 is 1.66 bits per heavy atom. The highest BCUT2D eigenvalue weighted by atomic mass is 19.3. The van der Waals surface area contributed by atoms with Crippen LogP contribution in [0.15, 0.2) is 42.5 Å². The van der Waals surface area contributed by atoms with Gasteiger partial charge in [-0.2, -0.15) is 0 Å². The summed E-state index contributed by atoms with van der Waals surface area (Å²) in [5, 5.41) is 2.89. The van der Waals surface area contributed by atoms with Gasteiger partial charge in [-0.25, -0.2) is 13.6 Å². The molecular formula is C26H27F4N3O5. The third-order valence-electron chi connectivity index (χ3n) is 6.89. The number of hydrogen-bond donors (Lipinski definition) is 1. The molecule has 2 aromatic rings. The molecule has 2 saturated heterocycles. The van der Waals surface area contributed by atoms with Crippen molar-refractivity contribution in [2.45, 2.75) is 37.5 Å². The Balaban J connectivity index is 1.34. The Morgan fingerprint density at radius 3 is 2.34 bits per heavy atom. The van der Waals surface area contributed by atoms with E-state index >= 15 is 0 Å². The number of fused-ring (bicyclic) bond motifs is 1. The second-order valence-corrected chi connectivity index (χ2v) is 9.73. The molecule has 3 aliphatic rings. The number of nitrogens with zero attached hydrogens (tertiary/aromatic N) is 2. The summed E-state index contributed by atoms with van der Waals surface area (Å²) >= 11 is 0. The monoisotopic (exact) mass is 537 g/mol. The number of benzene rings is 2. The van der Waals surface area contributed by atoms with Gasteiger partial charge in [0.25, 0.3) is 11.8 Å². The number of ether oxygens (including phenoxy) is 3. The van der Waals surface area contributed by atoms with Crippen molar-refractivity contribution in [1.29, 1.82) is 0 Å². The number of amides is 3. The lowest BCUT2D eigenvalue weighted by atomic mass is 9.87. The largest absolute Gasteiger partial charge is 0.586 e. The van der Waals surface area contributed by atoms with Crippen molar-refractivity contribution in [3.63, 3.8) is 0 Å². The second kappa shape index (κ2) is 9.97. The summed E-state index contributed by atoms with van der Waals surface area (Å²) in [4.78, 5) is 29.7. The summed E-state index contributed by atoms with van der Waals surface area (Å²) in [5.74, 6) is -4.16. The summed E-state index contributed by atoms with van der Waals surface area (Å²) in [6.45, 7) is 3.15. The highest BCUT2D eigenvalue weighted by molar-refractivity contribution is 5.95. The molecule has 3 aliphatic heterocycles. The number of likely N-dealkylation sites (tertiary alicyclic amines) is 1. The van der Waals surface area contributed by atoms with Crippen LogP contribution in [0.2, 0.25) is 0 Å². The van der Waals surface area contributed by atoms with Gasteiger partial charge in [0.1, 0.15) is 0 Å². The van der Waals surface area contributed by atoms with E-state index in [4.69, 9.17) is 4.74 Å². The number of urea groups is 1. The number of morpholine rings is 1. The van der Waals surface area contributed by atoms with E-state index < -0.39 is 24.2 Å². The predicted octanol–water partition coefficient (Wildman–Crippen LogP) is 4.16. The van der Waals surface area contributed by atoms with Gasteiger partial charge in [0.05, 0.1) is 13.2 Å². The molecule has 0 bridgehead atoms. The number of carbonyl (C=O) groups is 2. The van der Waals surface area contributed by atoms with Crippen LogP contribution in [0.5, 0.6) is 11.5 Å². The van der Waals surface area contributed by atoms with Crippen molar-refractivity contribution < 1.29 is 41.4 Å². The summed E-state index contributed by atoms with van der Waals surface area (Å²) in [5.41, 5.74) is 0.742. The molecule has 0 saturated carbocycles. The Labute approximate surface area is 216 Å². The average molecular weight is 538 g/mol. The topological polar surface area (TPSA) is 80.3 Å². The van der Waals surface area contributed by atoms with Crippen LogP contribution in [0, 0.1) is 0 Å².